The third-order valence-corrected chi connectivity index (χ3v) is 5.05. The Bertz CT molecular complexity index is 717. The van der Waals surface area contributed by atoms with Crippen molar-refractivity contribution >= 4 is 34.8 Å². The van der Waals surface area contributed by atoms with Gasteiger partial charge >= 0.3 is 0 Å². The molecule has 3 nitrogen and oxygen atoms in total. The van der Waals surface area contributed by atoms with Crippen LogP contribution in [0.1, 0.15) is 38.3 Å². The lowest BCUT2D eigenvalue weighted by Gasteiger charge is -2.17. The molecule has 0 bridgehead atoms. The molecule has 26 heavy (non-hydrogen) atoms. The molecule has 0 aliphatic heterocycles. The van der Waals surface area contributed by atoms with Crippen molar-refractivity contribution in [3.05, 3.63) is 56.5 Å². The van der Waals surface area contributed by atoms with E-state index in [0.717, 1.165) is 17.5 Å². The topological polar surface area (TPSA) is 30.5 Å². The number of rotatable bonds is 9. The van der Waals surface area contributed by atoms with Crippen LogP contribution >= 0.6 is 34.8 Å². The average Bonchev–Trinajstić information content (AvgIpc) is 2.61. The molecule has 1 N–H and O–H groups in total. The maximum atomic E-state index is 6.47. The number of nitrogens with one attached hydrogen (secondary N) is 1. The first-order valence-corrected chi connectivity index (χ1v) is 9.83. The van der Waals surface area contributed by atoms with E-state index in [1.165, 1.54) is 0 Å². The third-order valence-electron chi connectivity index (χ3n) is 4.06. The van der Waals surface area contributed by atoms with Crippen molar-refractivity contribution in [2.24, 2.45) is 0 Å². The fourth-order valence-corrected chi connectivity index (χ4v) is 3.17. The molecular formula is C20H24Cl3NO2. The highest BCUT2D eigenvalue weighted by molar-refractivity contribution is 6.36. The van der Waals surface area contributed by atoms with Crippen LogP contribution in [0.3, 0.4) is 0 Å². The van der Waals surface area contributed by atoms with Crippen molar-refractivity contribution in [2.75, 3.05) is 6.61 Å². The summed E-state index contributed by atoms with van der Waals surface area (Å²) in [5.41, 5.74) is 1.76. The van der Waals surface area contributed by atoms with Crippen molar-refractivity contribution in [3.63, 3.8) is 0 Å². The Kier molecular flexibility index (Phi) is 8.36. The quantitative estimate of drug-likeness (QED) is 0.505. The molecule has 0 saturated heterocycles. The summed E-state index contributed by atoms with van der Waals surface area (Å²) in [5, 5.41) is 5.06. The monoisotopic (exact) mass is 415 g/mol. The summed E-state index contributed by atoms with van der Waals surface area (Å²) >= 11 is 18.9. The highest BCUT2D eigenvalue weighted by atomic mass is 35.5. The number of hydrogen-bond acceptors (Lipinski definition) is 3. The zero-order chi connectivity index (χ0) is 19.1. The van der Waals surface area contributed by atoms with E-state index >= 15 is 0 Å². The molecule has 0 saturated carbocycles. The molecule has 1 atom stereocenters. The van der Waals surface area contributed by atoms with Crippen molar-refractivity contribution in [2.45, 2.75) is 46.4 Å². The molecule has 2 rings (SSSR count). The summed E-state index contributed by atoms with van der Waals surface area (Å²) in [6, 6.07) is 9.63. The van der Waals surface area contributed by atoms with Crippen LogP contribution in [-0.2, 0) is 13.2 Å². The van der Waals surface area contributed by atoms with E-state index in [9.17, 15) is 0 Å². The van der Waals surface area contributed by atoms with Crippen LogP contribution in [0, 0.1) is 0 Å². The molecule has 2 aromatic rings. The van der Waals surface area contributed by atoms with Crippen LogP contribution in [0.15, 0.2) is 30.3 Å². The van der Waals surface area contributed by atoms with E-state index in [2.05, 4.69) is 19.2 Å². The minimum absolute atomic E-state index is 0.211. The second kappa shape index (κ2) is 10.3. The Hall–Kier alpha value is -1.13. The predicted molar refractivity (Wildman–Crippen MR) is 110 cm³/mol. The van der Waals surface area contributed by atoms with Crippen LogP contribution in [-0.4, -0.2) is 12.6 Å². The molecule has 0 radical (unpaired) electrons. The zero-order valence-electron chi connectivity index (χ0n) is 15.2. The molecule has 0 spiro atoms. The minimum atomic E-state index is 0.211. The van der Waals surface area contributed by atoms with Gasteiger partial charge in [0.25, 0.3) is 0 Å². The van der Waals surface area contributed by atoms with E-state index < -0.39 is 0 Å². The number of hydrogen-bond donors (Lipinski definition) is 1. The molecular weight excluding hydrogens is 393 g/mol. The molecule has 0 aliphatic rings. The lowest BCUT2D eigenvalue weighted by atomic mass is 10.1. The Morgan fingerprint density at radius 3 is 2.31 bits per heavy atom. The van der Waals surface area contributed by atoms with Gasteiger partial charge in [0.05, 0.1) is 11.6 Å². The van der Waals surface area contributed by atoms with Gasteiger partial charge < -0.3 is 14.8 Å². The molecule has 6 heteroatoms. The van der Waals surface area contributed by atoms with Gasteiger partial charge in [-0.25, -0.2) is 0 Å². The molecule has 142 valence electrons. The summed E-state index contributed by atoms with van der Waals surface area (Å²) in [5.74, 6) is 1.11. The molecule has 0 amide bonds. The molecule has 0 fully saturated rings. The molecule has 0 heterocycles. The maximum absolute atomic E-state index is 6.47. The van der Waals surface area contributed by atoms with Crippen LogP contribution in [0.2, 0.25) is 15.1 Å². The zero-order valence-corrected chi connectivity index (χ0v) is 17.5. The van der Waals surface area contributed by atoms with Crippen molar-refractivity contribution in [1.29, 1.82) is 0 Å². The van der Waals surface area contributed by atoms with E-state index in [1.54, 1.807) is 18.2 Å². The second-order valence-corrected chi connectivity index (χ2v) is 7.24. The first-order valence-electron chi connectivity index (χ1n) is 8.70. The Labute approximate surface area is 170 Å². The number of benzene rings is 2. The normalized spacial score (nSPS) is 12.1. The average molecular weight is 417 g/mol. The first-order chi connectivity index (χ1) is 12.5. The molecule has 2 aromatic carbocycles. The van der Waals surface area contributed by atoms with Gasteiger partial charge in [0.15, 0.2) is 11.5 Å². The third kappa shape index (κ3) is 5.68. The van der Waals surface area contributed by atoms with Gasteiger partial charge in [-0.15, -0.1) is 0 Å². The van der Waals surface area contributed by atoms with Gasteiger partial charge in [0.2, 0.25) is 0 Å². The molecule has 1 unspecified atom stereocenters. The fraction of sp³-hybridized carbons (Fsp3) is 0.400. The van der Waals surface area contributed by atoms with Crippen molar-refractivity contribution in [1.82, 2.24) is 5.32 Å². The van der Waals surface area contributed by atoms with E-state index in [1.807, 2.05) is 19.1 Å². The Morgan fingerprint density at radius 1 is 1.00 bits per heavy atom. The number of halogens is 3. The van der Waals surface area contributed by atoms with E-state index in [-0.39, 0.29) is 6.61 Å². The summed E-state index contributed by atoms with van der Waals surface area (Å²) < 4.78 is 11.7. The van der Waals surface area contributed by atoms with Crippen LogP contribution in [0.4, 0.5) is 0 Å². The van der Waals surface area contributed by atoms with Crippen LogP contribution in [0.25, 0.3) is 0 Å². The van der Waals surface area contributed by atoms with Gasteiger partial charge in [-0.3, -0.25) is 0 Å². The highest BCUT2D eigenvalue weighted by Gasteiger charge is 2.15. The lowest BCUT2D eigenvalue weighted by molar-refractivity contribution is 0.269. The van der Waals surface area contributed by atoms with Gasteiger partial charge in [0, 0.05) is 28.2 Å². The van der Waals surface area contributed by atoms with Crippen molar-refractivity contribution in [3.8, 4) is 11.5 Å². The summed E-state index contributed by atoms with van der Waals surface area (Å²) in [6.45, 7) is 7.66. The van der Waals surface area contributed by atoms with Gasteiger partial charge in [-0.2, -0.15) is 0 Å². The Morgan fingerprint density at radius 2 is 1.69 bits per heavy atom. The van der Waals surface area contributed by atoms with Crippen LogP contribution < -0.4 is 14.8 Å². The van der Waals surface area contributed by atoms with Crippen molar-refractivity contribution < 1.29 is 9.47 Å². The van der Waals surface area contributed by atoms with E-state index in [4.69, 9.17) is 44.3 Å². The van der Waals surface area contributed by atoms with Gasteiger partial charge in [0.1, 0.15) is 6.61 Å². The van der Waals surface area contributed by atoms with E-state index in [0.29, 0.717) is 45.8 Å². The van der Waals surface area contributed by atoms with Crippen LogP contribution in [0.5, 0.6) is 11.5 Å². The van der Waals surface area contributed by atoms with Gasteiger partial charge in [-0.1, -0.05) is 47.8 Å². The maximum Gasteiger partial charge on any atom is 0.180 e. The standard InChI is InChI=1S/C20H24Cl3NO2/c1-4-13(3)24-11-14-9-18(23)20(19(10-14)25-5-2)26-12-15-16(21)7-6-8-17(15)22/h6-10,13,24H,4-5,11-12H2,1-3H3. The number of ether oxygens (including phenoxy) is 2. The molecule has 0 aliphatic carbocycles. The molecule has 0 aromatic heterocycles. The lowest BCUT2D eigenvalue weighted by Crippen LogP contribution is -2.24. The minimum Gasteiger partial charge on any atom is -0.490 e. The summed E-state index contributed by atoms with van der Waals surface area (Å²) in [6.07, 6.45) is 1.06. The highest BCUT2D eigenvalue weighted by Crippen LogP contribution is 2.38. The summed E-state index contributed by atoms with van der Waals surface area (Å²) in [4.78, 5) is 0. The van der Waals surface area contributed by atoms with Gasteiger partial charge in [-0.05, 0) is 50.1 Å². The summed E-state index contributed by atoms with van der Waals surface area (Å²) in [7, 11) is 0. The fourth-order valence-electron chi connectivity index (χ4n) is 2.38. The SMILES string of the molecule is CCOc1cc(CNC(C)CC)cc(Cl)c1OCc1c(Cl)cccc1Cl. The largest absolute Gasteiger partial charge is 0.490 e. The first kappa shape index (κ1) is 21.2. The predicted octanol–water partition coefficient (Wildman–Crippen LogP) is 6.51. The second-order valence-electron chi connectivity index (χ2n) is 6.02. The Balaban J connectivity index is 2.21. The smallest absolute Gasteiger partial charge is 0.180 e.